The highest BCUT2D eigenvalue weighted by atomic mass is 32.2. The van der Waals surface area contributed by atoms with E-state index in [2.05, 4.69) is 10.2 Å². The highest BCUT2D eigenvalue weighted by Crippen LogP contribution is 2.31. The first-order valence-corrected chi connectivity index (χ1v) is 11.7. The molecule has 0 unspecified atom stereocenters. The zero-order valence-corrected chi connectivity index (χ0v) is 18.1. The Bertz CT molecular complexity index is 1070. The first kappa shape index (κ1) is 20.6. The zero-order chi connectivity index (χ0) is 21.3. The van der Waals surface area contributed by atoms with Crippen molar-refractivity contribution in [1.82, 2.24) is 14.3 Å². The number of aromatic nitrogens is 2. The van der Waals surface area contributed by atoms with Crippen LogP contribution in [0.5, 0.6) is 0 Å². The summed E-state index contributed by atoms with van der Waals surface area (Å²) in [4.78, 5) is 12.0. The fourth-order valence-electron chi connectivity index (χ4n) is 3.88. The Hall–Kier alpha value is -2.70. The molecule has 2 aromatic rings. The van der Waals surface area contributed by atoms with Crippen LogP contribution >= 0.6 is 0 Å². The summed E-state index contributed by atoms with van der Waals surface area (Å²) in [7, 11) is -3.67. The second-order valence-electron chi connectivity index (χ2n) is 8.02. The van der Waals surface area contributed by atoms with Crippen molar-refractivity contribution in [2.24, 2.45) is 0 Å². The molecule has 0 amide bonds. The SMILES string of the molecule is CC(C)Nc1nc(N2CCCC2)nc2c1CN(S(=O)(=O)c1ccc(C#N)cc1)CC2. The minimum atomic E-state index is -3.67. The molecule has 0 radical (unpaired) electrons. The highest BCUT2D eigenvalue weighted by molar-refractivity contribution is 7.89. The van der Waals surface area contributed by atoms with Gasteiger partial charge in [-0.15, -0.1) is 0 Å². The van der Waals surface area contributed by atoms with Gasteiger partial charge >= 0.3 is 0 Å². The van der Waals surface area contributed by atoms with Gasteiger partial charge in [-0.3, -0.25) is 0 Å². The maximum absolute atomic E-state index is 13.2. The van der Waals surface area contributed by atoms with Gasteiger partial charge in [-0.25, -0.2) is 13.4 Å². The van der Waals surface area contributed by atoms with Gasteiger partial charge in [0.1, 0.15) is 5.82 Å². The van der Waals surface area contributed by atoms with E-state index < -0.39 is 10.0 Å². The second-order valence-corrected chi connectivity index (χ2v) is 9.95. The lowest BCUT2D eigenvalue weighted by molar-refractivity contribution is 0.387. The van der Waals surface area contributed by atoms with Crippen molar-refractivity contribution in [3.05, 3.63) is 41.1 Å². The molecule has 9 heteroatoms. The van der Waals surface area contributed by atoms with E-state index in [0.29, 0.717) is 18.5 Å². The summed E-state index contributed by atoms with van der Waals surface area (Å²) in [5, 5.41) is 12.3. The highest BCUT2D eigenvalue weighted by Gasteiger charge is 2.32. The van der Waals surface area contributed by atoms with E-state index in [9.17, 15) is 8.42 Å². The predicted molar refractivity (Wildman–Crippen MR) is 115 cm³/mol. The summed E-state index contributed by atoms with van der Waals surface area (Å²) in [5.74, 6) is 1.45. The number of nitrogens with zero attached hydrogens (tertiary/aromatic N) is 5. The van der Waals surface area contributed by atoms with Crippen molar-refractivity contribution in [2.75, 3.05) is 29.9 Å². The van der Waals surface area contributed by atoms with Crippen molar-refractivity contribution in [2.45, 2.75) is 50.6 Å². The molecule has 8 nitrogen and oxygen atoms in total. The lowest BCUT2D eigenvalue weighted by atomic mass is 10.1. The summed E-state index contributed by atoms with van der Waals surface area (Å²) in [6.07, 6.45) is 2.83. The van der Waals surface area contributed by atoms with Crippen LogP contribution in [0, 0.1) is 11.3 Å². The normalized spacial score (nSPS) is 17.1. The molecule has 2 aliphatic rings. The Morgan fingerprint density at radius 2 is 1.80 bits per heavy atom. The van der Waals surface area contributed by atoms with E-state index in [1.807, 2.05) is 19.9 Å². The third-order valence-corrected chi connectivity index (χ3v) is 7.31. The molecule has 158 valence electrons. The van der Waals surface area contributed by atoms with Crippen LogP contribution in [0.4, 0.5) is 11.8 Å². The van der Waals surface area contributed by atoms with E-state index in [1.165, 1.54) is 28.6 Å². The Morgan fingerprint density at radius 1 is 1.10 bits per heavy atom. The zero-order valence-electron chi connectivity index (χ0n) is 17.3. The van der Waals surface area contributed by atoms with Gasteiger partial charge in [-0.05, 0) is 51.0 Å². The third kappa shape index (κ3) is 3.98. The number of nitrogens with one attached hydrogen (secondary N) is 1. The van der Waals surface area contributed by atoms with Crippen LogP contribution in [0.15, 0.2) is 29.2 Å². The largest absolute Gasteiger partial charge is 0.367 e. The molecule has 0 aliphatic carbocycles. The Morgan fingerprint density at radius 3 is 2.43 bits per heavy atom. The minimum absolute atomic E-state index is 0.168. The van der Waals surface area contributed by atoms with Crippen LogP contribution in [0.3, 0.4) is 0 Å². The second kappa shape index (κ2) is 8.20. The Labute approximate surface area is 177 Å². The fourth-order valence-corrected chi connectivity index (χ4v) is 5.29. The molecule has 1 aromatic carbocycles. The van der Waals surface area contributed by atoms with Crippen LogP contribution in [0.1, 0.15) is 43.5 Å². The van der Waals surface area contributed by atoms with Gasteiger partial charge in [0.05, 0.1) is 22.2 Å². The molecule has 1 aromatic heterocycles. The van der Waals surface area contributed by atoms with Crippen LogP contribution in [0.25, 0.3) is 0 Å². The molecular formula is C21H26N6O2S. The Kier molecular flexibility index (Phi) is 5.62. The average Bonchev–Trinajstić information content (AvgIpc) is 3.28. The van der Waals surface area contributed by atoms with Gasteiger partial charge in [0, 0.05) is 44.2 Å². The molecule has 0 saturated carbocycles. The monoisotopic (exact) mass is 426 g/mol. The summed E-state index contributed by atoms with van der Waals surface area (Å²) in [6.45, 7) is 6.59. The van der Waals surface area contributed by atoms with Crippen molar-refractivity contribution in [1.29, 1.82) is 5.26 Å². The number of sulfonamides is 1. The van der Waals surface area contributed by atoms with Gasteiger partial charge in [0.25, 0.3) is 0 Å². The standard InChI is InChI=1S/C21H26N6O2S/c1-15(2)23-20-18-14-27(30(28,29)17-7-5-16(13-22)6-8-17)12-9-19(18)24-21(25-20)26-10-3-4-11-26/h5-8,15H,3-4,9-12,14H2,1-2H3,(H,23,24,25). The number of anilines is 2. The number of rotatable bonds is 5. The van der Waals surface area contributed by atoms with Gasteiger partial charge in [0.15, 0.2) is 0 Å². The summed E-state index contributed by atoms with van der Waals surface area (Å²) >= 11 is 0. The number of benzene rings is 1. The first-order valence-electron chi connectivity index (χ1n) is 10.3. The molecule has 1 saturated heterocycles. The number of fused-ring (bicyclic) bond motifs is 1. The molecule has 30 heavy (non-hydrogen) atoms. The molecule has 0 bridgehead atoms. The third-order valence-electron chi connectivity index (χ3n) is 5.45. The summed E-state index contributed by atoms with van der Waals surface area (Å²) < 4.78 is 27.8. The number of hydrogen-bond donors (Lipinski definition) is 1. The maximum atomic E-state index is 13.2. The molecule has 0 atom stereocenters. The van der Waals surface area contributed by atoms with E-state index in [0.717, 1.165) is 49.0 Å². The average molecular weight is 427 g/mol. The van der Waals surface area contributed by atoms with Crippen molar-refractivity contribution >= 4 is 21.8 Å². The van der Waals surface area contributed by atoms with Crippen LogP contribution < -0.4 is 10.2 Å². The minimum Gasteiger partial charge on any atom is -0.367 e. The first-order chi connectivity index (χ1) is 14.4. The van der Waals surface area contributed by atoms with Crippen LogP contribution in [-0.4, -0.2) is 48.4 Å². The number of nitriles is 1. The quantitative estimate of drug-likeness (QED) is 0.784. The fraction of sp³-hybridized carbons (Fsp3) is 0.476. The lowest BCUT2D eigenvalue weighted by Crippen LogP contribution is -2.37. The molecule has 1 fully saturated rings. The van der Waals surface area contributed by atoms with Crippen molar-refractivity contribution in [3.63, 3.8) is 0 Å². The van der Waals surface area contributed by atoms with Crippen molar-refractivity contribution in [3.8, 4) is 6.07 Å². The topological polar surface area (TPSA) is 102 Å². The summed E-state index contributed by atoms with van der Waals surface area (Å²) in [6, 6.07) is 8.22. The molecule has 2 aliphatic heterocycles. The smallest absolute Gasteiger partial charge is 0.243 e. The Balaban J connectivity index is 1.67. The van der Waals surface area contributed by atoms with Crippen molar-refractivity contribution < 1.29 is 8.42 Å². The van der Waals surface area contributed by atoms with Crippen LogP contribution in [0.2, 0.25) is 0 Å². The van der Waals surface area contributed by atoms with Gasteiger partial charge in [-0.2, -0.15) is 14.6 Å². The number of hydrogen-bond acceptors (Lipinski definition) is 7. The molecule has 4 rings (SSSR count). The maximum Gasteiger partial charge on any atom is 0.243 e. The van der Waals surface area contributed by atoms with E-state index in [-0.39, 0.29) is 17.5 Å². The van der Waals surface area contributed by atoms with Gasteiger partial charge in [0.2, 0.25) is 16.0 Å². The molecule has 0 spiro atoms. The summed E-state index contributed by atoms with van der Waals surface area (Å²) in [5.41, 5.74) is 2.20. The van der Waals surface area contributed by atoms with E-state index in [1.54, 1.807) is 0 Å². The predicted octanol–water partition coefficient (Wildman–Crippen LogP) is 2.52. The van der Waals surface area contributed by atoms with Gasteiger partial charge < -0.3 is 10.2 Å². The van der Waals surface area contributed by atoms with E-state index >= 15 is 0 Å². The molecule has 3 heterocycles. The van der Waals surface area contributed by atoms with E-state index in [4.69, 9.17) is 15.2 Å². The lowest BCUT2D eigenvalue weighted by Gasteiger charge is -2.30. The molecular weight excluding hydrogens is 400 g/mol. The van der Waals surface area contributed by atoms with Crippen LogP contribution in [-0.2, 0) is 23.0 Å². The van der Waals surface area contributed by atoms with Gasteiger partial charge in [-0.1, -0.05) is 0 Å². The molecule has 1 N–H and O–H groups in total.